The molecule has 1 heterocycles. The topological polar surface area (TPSA) is 15.3 Å². The van der Waals surface area contributed by atoms with E-state index in [0.29, 0.717) is 6.04 Å². The van der Waals surface area contributed by atoms with Gasteiger partial charge in [0.05, 0.1) is 0 Å². The van der Waals surface area contributed by atoms with E-state index in [9.17, 15) is 0 Å². The summed E-state index contributed by atoms with van der Waals surface area (Å²) in [5, 5.41) is 3.60. The monoisotopic (exact) mass is 282 g/mol. The highest BCUT2D eigenvalue weighted by molar-refractivity contribution is 5.75. The molecule has 1 fully saturated rings. The summed E-state index contributed by atoms with van der Waals surface area (Å²) >= 11 is 0. The van der Waals surface area contributed by atoms with E-state index >= 15 is 0 Å². The van der Waals surface area contributed by atoms with Crippen LogP contribution < -0.4 is 5.32 Å². The highest BCUT2D eigenvalue weighted by Crippen LogP contribution is 2.23. The van der Waals surface area contributed by atoms with Crippen LogP contribution >= 0.6 is 0 Å². The number of nitrogens with zero attached hydrogens (tertiary/aromatic N) is 1. The number of likely N-dealkylation sites (tertiary alicyclic amines) is 1. The summed E-state index contributed by atoms with van der Waals surface area (Å²) in [5.41, 5.74) is 3.92. The number of hydrogen-bond donors (Lipinski definition) is 1. The van der Waals surface area contributed by atoms with Crippen molar-refractivity contribution < 1.29 is 0 Å². The Bertz CT molecular complexity index is 513. The molecule has 1 unspecified atom stereocenters. The van der Waals surface area contributed by atoms with Crippen LogP contribution in [0.5, 0.6) is 0 Å². The number of allylic oxidation sites excluding steroid dienone is 4. The van der Waals surface area contributed by atoms with Crippen LogP contribution in [0.15, 0.2) is 42.5 Å². The summed E-state index contributed by atoms with van der Waals surface area (Å²) in [6, 6.07) is 9.56. The quantitative estimate of drug-likeness (QED) is 0.885. The fourth-order valence-electron chi connectivity index (χ4n) is 3.25. The lowest BCUT2D eigenvalue weighted by Gasteiger charge is -2.32. The molecule has 0 bridgehead atoms. The van der Waals surface area contributed by atoms with E-state index in [1.165, 1.54) is 55.5 Å². The normalized spacial score (nSPS) is 22.9. The third kappa shape index (κ3) is 3.76. The van der Waals surface area contributed by atoms with Crippen LogP contribution in [-0.2, 0) is 0 Å². The van der Waals surface area contributed by atoms with Gasteiger partial charge in [0.25, 0.3) is 0 Å². The van der Waals surface area contributed by atoms with E-state index in [1.807, 2.05) is 0 Å². The van der Waals surface area contributed by atoms with Crippen molar-refractivity contribution in [2.75, 3.05) is 25.5 Å². The lowest BCUT2D eigenvalue weighted by molar-refractivity contribution is 0.194. The van der Waals surface area contributed by atoms with Crippen molar-refractivity contribution in [3.63, 3.8) is 0 Å². The number of benzene rings is 1. The summed E-state index contributed by atoms with van der Waals surface area (Å²) in [6.07, 6.45) is 13.2. The molecule has 1 aliphatic heterocycles. The van der Waals surface area contributed by atoms with Crippen LogP contribution in [0.25, 0.3) is 5.57 Å². The highest BCUT2D eigenvalue weighted by Gasteiger charge is 2.18. The largest absolute Gasteiger partial charge is 0.383 e. The Hall–Kier alpha value is -1.54. The molecule has 1 N–H and O–H groups in total. The summed E-state index contributed by atoms with van der Waals surface area (Å²) in [7, 11) is 2.25. The molecule has 0 aromatic heterocycles. The van der Waals surface area contributed by atoms with Gasteiger partial charge >= 0.3 is 0 Å². The minimum atomic E-state index is 0.683. The Labute approximate surface area is 128 Å². The number of piperidine rings is 1. The first-order valence-corrected chi connectivity index (χ1v) is 8.24. The Kier molecular flexibility index (Phi) is 4.76. The lowest BCUT2D eigenvalue weighted by Crippen LogP contribution is -2.40. The zero-order valence-corrected chi connectivity index (χ0v) is 13.0. The molecule has 0 saturated carbocycles. The van der Waals surface area contributed by atoms with Crippen LogP contribution in [0, 0.1) is 0 Å². The molecule has 21 heavy (non-hydrogen) atoms. The molecule has 1 aromatic rings. The van der Waals surface area contributed by atoms with Gasteiger partial charge in [-0.15, -0.1) is 0 Å². The first-order chi connectivity index (χ1) is 10.3. The van der Waals surface area contributed by atoms with Gasteiger partial charge in [0.1, 0.15) is 0 Å². The fourth-order valence-corrected chi connectivity index (χ4v) is 3.25. The molecule has 3 rings (SSSR count). The van der Waals surface area contributed by atoms with E-state index in [0.717, 1.165) is 6.54 Å². The summed E-state index contributed by atoms with van der Waals surface area (Å²) in [5.74, 6) is 0. The molecule has 0 amide bonds. The molecule has 0 spiro atoms. The van der Waals surface area contributed by atoms with Crippen molar-refractivity contribution in [2.45, 2.75) is 38.1 Å². The van der Waals surface area contributed by atoms with Crippen molar-refractivity contribution in [2.24, 2.45) is 0 Å². The second kappa shape index (κ2) is 6.95. The fraction of sp³-hybridized carbons (Fsp3) is 0.474. The molecule has 0 radical (unpaired) electrons. The van der Waals surface area contributed by atoms with E-state index in [1.54, 1.807) is 0 Å². The van der Waals surface area contributed by atoms with E-state index in [-0.39, 0.29) is 0 Å². The summed E-state index contributed by atoms with van der Waals surface area (Å²) in [4.78, 5) is 2.49. The van der Waals surface area contributed by atoms with Crippen molar-refractivity contribution in [3.8, 4) is 0 Å². The van der Waals surface area contributed by atoms with Gasteiger partial charge in [0, 0.05) is 18.3 Å². The van der Waals surface area contributed by atoms with Crippen molar-refractivity contribution in [3.05, 3.63) is 48.1 Å². The van der Waals surface area contributed by atoms with Gasteiger partial charge in [-0.2, -0.15) is 0 Å². The molecule has 2 aliphatic rings. The molecular weight excluding hydrogens is 256 g/mol. The van der Waals surface area contributed by atoms with Gasteiger partial charge in [-0.05, 0) is 62.5 Å². The summed E-state index contributed by atoms with van der Waals surface area (Å²) < 4.78 is 0. The maximum atomic E-state index is 3.60. The number of rotatable bonds is 4. The highest BCUT2D eigenvalue weighted by atomic mass is 15.2. The van der Waals surface area contributed by atoms with Gasteiger partial charge in [-0.1, -0.05) is 36.8 Å². The number of nitrogens with one attached hydrogen (secondary N) is 1. The maximum absolute atomic E-state index is 3.60. The number of anilines is 1. The van der Waals surface area contributed by atoms with E-state index in [4.69, 9.17) is 0 Å². The minimum absolute atomic E-state index is 0.683. The predicted octanol–water partition coefficient (Wildman–Crippen LogP) is 4.32. The smallest absolute Gasteiger partial charge is 0.0341 e. The van der Waals surface area contributed by atoms with Crippen LogP contribution in [0.4, 0.5) is 5.69 Å². The third-order valence-corrected chi connectivity index (χ3v) is 4.68. The molecule has 1 atom stereocenters. The Balaban J connectivity index is 1.57. The molecule has 2 heteroatoms. The molecule has 2 nitrogen and oxygen atoms in total. The Morgan fingerprint density at radius 1 is 1.14 bits per heavy atom. The van der Waals surface area contributed by atoms with Crippen LogP contribution in [0.1, 0.15) is 37.7 Å². The number of hydrogen-bond acceptors (Lipinski definition) is 2. The SMILES string of the molecule is CN1CCCCC1CNc1ccc(C2=CCCC=C2)cc1. The molecule has 112 valence electrons. The lowest BCUT2D eigenvalue weighted by atomic mass is 9.99. The molecule has 1 aromatic carbocycles. The van der Waals surface area contributed by atoms with Crippen molar-refractivity contribution in [1.29, 1.82) is 0 Å². The van der Waals surface area contributed by atoms with E-state index in [2.05, 4.69) is 59.8 Å². The average Bonchev–Trinajstić information content (AvgIpc) is 2.55. The zero-order valence-electron chi connectivity index (χ0n) is 13.0. The van der Waals surface area contributed by atoms with Crippen molar-refractivity contribution >= 4 is 11.3 Å². The second-order valence-corrected chi connectivity index (χ2v) is 6.23. The molecule has 1 saturated heterocycles. The zero-order chi connectivity index (χ0) is 14.5. The van der Waals surface area contributed by atoms with Crippen LogP contribution in [0.3, 0.4) is 0 Å². The average molecular weight is 282 g/mol. The Morgan fingerprint density at radius 2 is 2.00 bits per heavy atom. The first kappa shape index (κ1) is 14.4. The Morgan fingerprint density at radius 3 is 2.71 bits per heavy atom. The maximum Gasteiger partial charge on any atom is 0.0341 e. The summed E-state index contributed by atoms with van der Waals surface area (Å²) in [6.45, 7) is 2.30. The van der Waals surface area contributed by atoms with Gasteiger partial charge in [0.2, 0.25) is 0 Å². The van der Waals surface area contributed by atoms with Gasteiger partial charge in [0.15, 0.2) is 0 Å². The number of likely N-dealkylation sites (N-methyl/N-ethyl adjacent to an activating group) is 1. The van der Waals surface area contributed by atoms with E-state index < -0.39 is 0 Å². The molecule has 1 aliphatic carbocycles. The first-order valence-electron chi connectivity index (χ1n) is 8.24. The van der Waals surface area contributed by atoms with Gasteiger partial charge < -0.3 is 10.2 Å². The predicted molar refractivity (Wildman–Crippen MR) is 91.6 cm³/mol. The third-order valence-electron chi connectivity index (χ3n) is 4.68. The molecular formula is C19H26N2. The van der Waals surface area contributed by atoms with Crippen molar-refractivity contribution in [1.82, 2.24) is 4.90 Å². The van der Waals surface area contributed by atoms with Gasteiger partial charge in [-0.3, -0.25) is 0 Å². The second-order valence-electron chi connectivity index (χ2n) is 6.23. The van der Waals surface area contributed by atoms with Crippen LogP contribution in [0.2, 0.25) is 0 Å². The van der Waals surface area contributed by atoms with Crippen LogP contribution in [-0.4, -0.2) is 31.1 Å². The van der Waals surface area contributed by atoms with Gasteiger partial charge in [-0.25, -0.2) is 0 Å². The standard InChI is InChI=1S/C19H26N2/c1-21-14-6-5-9-19(21)15-20-18-12-10-17(11-13-18)16-7-3-2-4-8-16/h3,7-8,10-13,19-20H,2,4-6,9,14-15H2,1H3. The minimum Gasteiger partial charge on any atom is -0.383 e.